The lowest BCUT2D eigenvalue weighted by Crippen LogP contribution is -2.09. The van der Waals surface area contributed by atoms with Crippen LogP contribution in [0.5, 0.6) is 11.5 Å². The fourth-order valence-corrected chi connectivity index (χ4v) is 3.44. The van der Waals surface area contributed by atoms with E-state index in [2.05, 4.69) is 4.99 Å². The molecule has 4 rings (SSSR count). The van der Waals surface area contributed by atoms with Crippen molar-refractivity contribution in [3.8, 4) is 11.5 Å². The minimum atomic E-state index is -0.630. The van der Waals surface area contributed by atoms with Crippen molar-refractivity contribution in [1.29, 1.82) is 0 Å². The van der Waals surface area contributed by atoms with Crippen LogP contribution in [-0.4, -0.2) is 24.9 Å². The Kier molecular flexibility index (Phi) is 6.25. The van der Waals surface area contributed by atoms with Crippen LogP contribution >= 0.6 is 23.2 Å². The molecule has 0 fully saturated rings. The molecule has 0 unspecified atom stereocenters. The lowest BCUT2D eigenvalue weighted by molar-refractivity contribution is -0.129. The van der Waals surface area contributed by atoms with E-state index in [0.29, 0.717) is 21.7 Å². The van der Waals surface area contributed by atoms with Crippen molar-refractivity contribution in [3.63, 3.8) is 0 Å². The van der Waals surface area contributed by atoms with Crippen LogP contribution in [0.15, 0.2) is 77.4 Å². The van der Waals surface area contributed by atoms with Gasteiger partial charge < -0.3 is 14.2 Å². The maximum absolute atomic E-state index is 12.4. The number of hydrogen-bond donors (Lipinski definition) is 0. The third kappa shape index (κ3) is 4.51. The molecule has 0 N–H and O–H groups in total. The van der Waals surface area contributed by atoms with Gasteiger partial charge in [-0.15, -0.1) is 0 Å². The zero-order valence-corrected chi connectivity index (χ0v) is 18.2. The van der Waals surface area contributed by atoms with E-state index < -0.39 is 11.9 Å². The van der Waals surface area contributed by atoms with Gasteiger partial charge in [0.2, 0.25) is 5.90 Å². The summed E-state index contributed by atoms with van der Waals surface area (Å²) in [6.07, 6.45) is 1.49. The molecular weight excluding hydrogens is 453 g/mol. The van der Waals surface area contributed by atoms with Crippen molar-refractivity contribution in [1.82, 2.24) is 0 Å². The number of cyclic esters (lactones) is 1. The Morgan fingerprint density at radius 3 is 2.44 bits per heavy atom. The Bertz CT molecular complexity index is 1270. The van der Waals surface area contributed by atoms with E-state index in [4.69, 9.17) is 37.4 Å². The molecule has 0 radical (unpaired) electrons. The van der Waals surface area contributed by atoms with Crippen molar-refractivity contribution >= 4 is 47.1 Å². The second kappa shape index (κ2) is 9.26. The summed E-state index contributed by atoms with van der Waals surface area (Å²) in [6, 6.07) is 18.5. The van der Waals surface area contributed by atoms with Gasteiger partial charge in [0, 0.05) is 0 Å². The lowest BCUT2D eigenvalue weighted by Gasteiger charge is -2.12. The van der Waals surface area contributed by atoms with Crippen LogP contribution in [0.2, 0.25) is 10.0 Å². The van der Waals surface area contributed by atoms with Crippen molar-refractivity contribution in [2.24, 2.45) is 4.99 Å². The van der Waals surface area contributed by atoms with Crippen LogP contribution in [0.1, 0.15) is 21.5 Å². The summed E-state index contributed by atoms with van der Waals surface area (Å²) in [4.78, 5) is 28.9. The predicted molar refractivity (Wildman–Crippen MR) is 121 cm³/mol. The number of benzene rings is 3. The maximum atomic E-state index is 12.4. The third-order valence-corrected chi connectivity index (χ3v) is 5.09. The molecule has 0 aliphatic carbocycles. The predicted octanol–water partition coefficient (Wildman–Crippen LogP) is 5.57. The molecule has 0 saturated carbocycles. The van der Waals surface area contributed by atoms with Gasteiger partial charge >= 0.3 is 11.9 Å². The number of esters is 2. The van der Waals surface area contributed by atoms with E-state index in [1.165, 1.54) is 19.3 Å². The summed E-state index contributed by atoms with van der Waals surface area (Å²) in [6.45, 7) is 0. The van der Waals surface area contributed by atoms with Crippen LogP contribution in [0.3, 0.4) is 0 Å². The average molecular weight is 468 g/mol. The van der Waals surface area contributed by atoms with Crippen molar-refractivity contribution in [2.75, 3.05) is 7.11 Å². The largest absolute Gasteiger partial charge is 0.493 e. The molecule has 0 amide bonds. The molecule has 32 heavy (non-hydrogen) atoms. The first-order valence-corrected chi connectivity index (χ1v) is 10.1. The van der Waals surface area contributed by atoms with Gasteiger partial charge in [0.1, 0.15) is 0 Å². The number of halogens is 2. The number of hydrogen-bond acceptors (Lipinski definition) is 6. The first-order chi connectivity index (χ1) is 15.5. The fourth-order valence-electron chi connectivity index (χ4n) is 2.96. The Hall–Kier alpha value is -3.61. The fraction of sp³-hybridized carbons (Fsp3) is 0.0417. The monoisotopic (exact) mass is 467 g/mol. The van der Waals surface area contributed by atoms with Gasteiger partial charge in [0.15, 0.2) is 17.2 Å². The molecule has 0 saturated heterocycles. The number of aliphatic imine (C=N–C) groups is 1. The molecule has 1 heterocycles. The molecule has 0 atom stereocenters. The molecule has 1 aliphatic heterocycles. The Morgan fingerprint density at radius 2 is 1.72 bits per heavy atom. The molecule has 0 spiro atoms. The highest BCUT2D eigenvalue weighted by atomic mass is 35.5. The maximum Gasteiger partial charge on any atom is 0.363 e. The van der Waals surface area contributed by atoms with Gasteiger partial charge in [0.05, 0.1) is 28.3 Å². The molecule has 1 aliphatic rings. The average Bonchev–Trinajstić information content (AvgIpc) is 3.15. The van der Waals surface area contributed by atoms with Crippen molar-refractivity contribution in [2.45, 2.75) is 0 Å². The Balaban J connectivity index is 1.64. The van der Waals surface area contributed by atoms with Gasteiger partial charge in [-0.05, 0) is 48.0 Å². The molecule has 0 aromatic heterocycles. The van der Waals surface area contributed by atoms with Crippen LogP contribution in [0.25, 0.3) is 6.08 Å². The smallest absolute Gasteiger partial charge is 0.363 e. The number of carbonyl (C=O) groups is 2. The summed E-state index contributed by atoms with van der Waals surface area (Å²) in [5.74, 6) is -0.812. The number of carbonyl (C=O) groups excluding carboxylic acids is 2. The van der Waals surface area contributed by atoms with E-state index in [0.717, 1.165) is 0 Å². The zero-order chi connectivity index (χ0) is 22.7. The van der Waals surface area contributed by atoms with Gasteiger partial charge in [-0.25, -0.2) is 14.6 Å². The molecular formula is C24H15Cl2NO5. The molecule has 0 bridgehead atoms. The summed E-state index contributed by atoms with van der Waals surface area (Å²) in [5, 5.41) is 0.539. The van der Waals surface area contributed by atoms with E-state index in [1.807, 2.05) is 0 Å². The molecule has 3 aromatic rings. The van der Waals surface area contributed by atoms with Gasteiger partial charge in [-0.2, -0.15) is 0 Å². The normalized spacial score (nSPS) is 14.2. The van der Waals surface area contributed by atoms with Crippen LogP contribution < -0.4 is 9.47 Å². The van der Waals surface area contributed by atoms with Crippen LogP contribution in [0, 0.1) is 0 Å². The number of methoxy groups -OCH3 is 1. The SMILES string of the molecule is COc1cc(/C=C2\N=C(c3ccccc3Cl)OC2=O)cc(Cl)c1OC(=O)c1ccccc1. The van der Waals surface area contributed by atoms with Crippen LogP contribution in [0.4, 0.5) is 0 Å². The summed E-state index contributed by atoms with van der Waals surface area (Å²) < 4.78 is 16.0. The van der Waals surface area contributed by atoms with Crippen molar-refractivity contribution in [3.05, 3.63) is 99.2 Å². The minimum absolute atomic E-state index is 0.0621. The summed E-state index contributed by atoms with van der Waals surface area (Å²) in [5.41, 5.74) is 1.44. The molecule has 6 nitrogen and oxygen atoms in total. The first kappa shape index (κ1) is 21.6. The lowest BCUT2D eigenvalue weighted by atomic mass is 10.1. The first-order valence-electron chi connectivity index (χ1n) is 9.38. The second-order valence-electron chi connectivity index (χ2n) is 6.61. The van der Waals surface area contributed by atoms with Gasteiger partial charge in [-0.3, -0.25) is 0 Å². The van der Waals surface area contributed by atoms with Gasteiger partial charge in [-0.1, -0.05) is 53.5 Å². The summed E-state index contributed by atoms with van der Waals surface area (Å²) >= 11 is 12.5. The topological polar surface area (TPSA) is 74.2 Å². The highest BCUT2D eigenvalue weighted by molar-refractivity contribution is 6.34. The minimum Gasteiger partial charge on any atom is -0.493 e. The Morgan fingerprint density at radius 1 is 1.00 bits per heavy atom. The highest BCUT2D eigenvalue weighted by Crippen LogP contribution is 2.38. The second-order valence-corrected chi connectivity index (χ2v) is 7.42. The molecule has 8 heteroatoms. The van der Waals surface area contributed by atoms with Gasteiger partial charge in [0.25, 0.3) is 0 Å². The van der Waals surface area contributed by atoms with E-state index in [9.17, 15) is 9.59 Å². The quantitative estimate of drug-likeness (QED) is 0.278. The van der Waals surface area contributed by atoms with E-state index in [1.54, 1.807) is 60.7 Å². The zero-order valence-electron chi connectivity index (χ0n) is 16.7. The highest BCUT2D eigenvalue weighted by Gasteiger charge is 2.26. The number of nitrogens with zero attached hydrogens (tertiary/aromatic N) is 1. The standard InChI is InChI=1S/C24H15Cl2NO5/c1-30-20-13-14(11-18(26)21(20)31-23(28)15-7-3-2-4-8-15)12-19-24(29)32-22(27-19)16-9-5-6-10-17(16)25/h2-13H,1H3/b19-12-. The van der Waals surface area contributed by atoms with Crippen LogP contribution in [-0.2, 0) is 9.53 Å². The Labute approximate surface area is 193 Å². The summed E-state index contributed by atoms with van der Waals surface area (Å²) in [7, 11) is 1.42. The van der Waals surface area contributed by atoms with Crippen molar-refractivity contribution < 1.29 is 23.8 Å². The number of ether oxygens (including phenoxy) is 3. The third-order valence-electron chi connectivity index (χ3n) is 4.48. The molecule has 3 aromatic carbocycles. The van der Waals surface area contributed by atoms with E-state index in [-0.39, 0.29) is 28.1 Å². The number of rotatable bonds is 5. The molecule has 160 valence electrons. The van der Waals surface area contributed by atoms with E-state index >= 15 is 0 Å².